The van der Waals surface area contributed by atoms with Crippen LogP contribution < -0.4 is 5.73 Å². The van der Waals surface area contributed by atoms with Gasteiger partial charge in [-0.1, -0.05) is 6.42 Å². The molecule has 1 heterocycles. The number of nitrogen functional groups attached to an aromatic ring is 1. The maximum atomic E-state index is 14.0. The van der Waals surface area contributed by atoms with Crippen LogP contribution in [0.25, 0.3) is 0 Å². The van der Waals surface area contributed by atoms with Crippen LogP contribution in [0.1, 0.15) is 33.1 Å². The van der Waals surface area contributed by atoms with Crippen molar-refractivity contribution in [2.45, 2.75) is 50.1 Å². The van der Waals surface area contributed by atoms with Gasteiger partial charge in [0, 0.05) is 12.1 Å². The summed E-state index contributed by atoms with van der Waals surface area (Å²) in [6, 6.07) is 1.39. The predicted molar refractivity (Wildman–Crippen MR) is 72.6 cm³/mol. The molecule has 1 aromatic carbocycles. The molecule has 1 aromatic rings. The first kappa shape index (κ1) is 15.2. The summed E-state index contributed by atoms with van der Waals surface area (Å²) in [5.74, 6) is -2.17. The summed E-state index contributed by atoms with van der Waals surface area (Å²) in [5, 5.41) is 0. The maximum absolute atomic E-state index is 14.0. The minimum Gasteiger partial charge on any atom is -0.394 e. The Balaban J connectivity index is 2.52. The molecule has 1 aliphatic heterocycles. The highest BCUT2D eigenvalue weighted by Crippen LogP contribution is 2.32. The fourth-order valence-corrected chi connectivity index (χ4v) is 4.70. The molecular formula is C13H18F2N2O2S. The molecule has 0 bridgehead atoms. The Labute approximate surface area is 117 Å². The van der Waals surface area contributed by atoms with Gasteiger partial charge in [0.1, 0.15) is 16.4 Å². The lowest BCUT2D eigenvalue weighted by Crippen LogP contribution is -2.47. The van der Waals surface area contributed by atoms with Crippen molar-refractivity contribution in [2.75, 3.05) is 5.73 Å². The molecule has 0 amide bonds. The number of halogens is 2. The van der Waals surface area contributed by atoms with E-state index in [9.17, 15) is 17.2 Å². The minimum atomic E-state index is -4.02. The first-order valence-corrected chi connectivity index (χ1v) is 7.98. The Morgan fingerprint density at radius 1 is 1.20 bits per heavy atom. The average Bonchev–Trinajstić information content (AvgIpc) is 2.35. The lowest BCUT2D eigenvalue weighted by molar-refractivity contribution is 0.203. The molecule has 1 fully saturated rings. The Morgan fingerprint density at radius 3 is 2.30 bits per heavy atom. The Hall–Kier alpha value is -1.21. The van der Waals surface area contributed by atoms with Gasteiger partial charge in [0.2, 0.25) is 10.0 Å². The summed E-state index contributed by atoms with van der Waals surface area (Å²) in [5.41, 5.74) is 4.48. The largest absolute Gasteiger partial charge is 0.394 e. The molecular weight excluding hydrogens is 286 g/mol. The van der Waals surface area contributed by atoms with Crippen molar-refractivity contribution in [3.8, 4) is 0 Å². The molecule has 1 aliphatic rings. The van der Waals surface area contributed by atoms with Crippen LogP contribution in [0.2, 0.25) is 0 Å². The predicted octanol–water partition coefficient (Wildman–Crippen LogP) is 2.50. The number of hydrogen-bond donors (Lipinski definition) is 1. The van der Waals surface area contributed by atoms with Crippen molar-refractivity contribution in [1.82, 2.24) is 4.31 Å². The van der Waals surface area contributed by atoms with Crippen LogP contribution in [0, 0.1) is 11.6 Å². The number of benzene rings is 1. The number of sulfonamides is 1. The number of anilines is 1. The molecule has 2 atom stereocenters. The van der Waals surface area contributed by atoms with Gasteiger partial charge in [0.05, 0.1) is 0 Å². The monoisotopic (exact) mass is 304 g/mol. The minimum absolute atomic E-state index is 0.213. The summed E-state index contributed by atoms with van der Waals surface area (Å²) in [6.45, 7) is 3.58. The second-order valence-electron chi connectivity index (χ2n) is 5.24. The van der Waals surface area contributed by atoms with Gasteiger partial charge in [0.15, 0.2) is 5.82 Å². The van der Waals surface area contributed by atoms with Gasteiger partial charge in [-0.25, -0.2) is 17.2 Å². The molecule has 0 spiro atoms. The van der Waals surface area contributed by atoms with Gasteiger partial charge in [-0.05, 0) is 38.8 Å². The highest BCUT2D eigenvalue weighted by molar-refractivity contribution is 7.89. The van der Waals surface area contributed by atoms with Gasteiger partial charge in [0.25, 0.3) is 0 Å². The van der Waals surface area contributed by atoms with E-state index in [2.05, 4.69) is 0 Å². The SMILES string of the molecule is C[C@@H]1CCC[C@H](C)N1S(=O)(=O)c1ccc(F)c(N)c1F. The normalized spacial score (nSPS) is 24.8. The van der Waals surface area contributed by atoms with Gasteiger partial charge >= 0.3 is 0 Å². The van der Waals surface area contributed by atoms with Crippen molar-refractivity contribution in [3.63, 3.8) is 0 Å². The van der Waals surface area contributed by atoms with E-state index in [1.54, 1.807) is 13.8 Å². The Bertz CT molecular complexity index is 609. The molecule has 20 heavy (non-hydrogen) atoms. The summed E-state index contributed by atoms with van der Waals surface area (Å²) in [4.78, 5) is -0.558. The molecule has 0 radical (unpaired) electrons. The van der Waals surface area contributed by atoms with E-state index >= 15 is 0 Å². The van der Waals surface area contributed by atoms with Crippen molar-refractivity contribution < 1.29 is 17.2 Å². The summed E-state index contributed by atoms with van der Waals surface area (Å²) in [7, 11) is -4.02. The van der Waals surface area contributed by atoms with Crippen molar-refractivity contribution >= 4 is 15.7 Å². The van der Waals surface area contributed by atoms with Gasteiger partial charge < -0.3 is 5.73 Å². The van der Waals surface area contributed by atoms with E-state index < -0.39 is 32.2 Å². The van der Waals surface area contributed by atoms with Crippen LogP contribution in [0.15, 0.2) is 17.0 Å². The Kier molecular flexibility index (Phi) is 4.02. The van der Waals surface area contributed by atoms with E-state index in [0.29, 0.717) is 0 Å². The van der Waals surface area contributed by atoms with Crippen molar-refractivity contribution in [2.24, 2.45) is 0 Å². The van der Waals surface area contributed by atoms with Crippen molar-refractivity contribution in [1.29, 1.82) is 0 Å². The number of nitrogens with zero attached hydrogens (tertiary/aromatic N) is 1. The number of rotatable bonds is 2. The number of piperidine rings is 1. The fraction of sp³-hybridized carbons (Fsp3) is 0.538. The quantitative estimate of drug-likeness (QED) is 0.854. The third-order valence-corrected chi connectivity index (χ3v) is 5.91. The third kappa shape index (κ3) is 2.40. The van der Waals surface area contributed by atoms with Gasteiger partial charge in [-0.2, -0.15) is 4.31 Å². The molecule has 0 aliphatic carbocycles. The molecule has 0 aromatic heterocycles. The highest BCUT2D eigenvalue weighted by atomic mass is 32.2. The molecule has 0 saturated carbocycles. The summed E-state index contributed by atoms with van der Waals surface area (Å²) < 4.78 is 53.7. The van der Waals surface area contributed by atoms with E-state index in [1.807, 2.05) is 0 Å². The van der Waals surface area contributed by atoms with Crippen LogP contribution in [0.3, 0.4) is 0 Å². The van der Waals surface area contributed by atoms with Gasteiger partial charge in [-0.3, -0.25) is 0 Å². The lowest BCUT2D eigenvalue weighted by atomic mass is 10.0. The maximum Gasteiger partial charge on any atom is 0.246 e. The smallest absolute Gasteiger partial charge is 0.246 e. The van der Waals surface area contributed by atoms with Crippen LogP contribution in [0.5, 0.6) is 0 Å². The molecule has 1 saturated heterocycles. The van der Waals surface area contributed by atoms with Crippen LogP contribution in [0.4, 0.5) is 14.5 Å². The molecule has 2 N–H and O–H groups in total. The van der Waals surface area contributed by atoms with E-state index in [4.69, 9.17) is 5.73 Å². The van der Waals surface area contributed by atoms with Crippen molar-refractivity contribution in [3.05, 3.63) is 23.8 Å². The number of hydrogen-bond acceptors (Lipinski definition) is 3. The number of nitrogens with two attached hydrogens (primary N) is 1. The third-order valence-electron chi connectivity index (χ3n) is 3.76. The summed E-state index contributed by atoms with van der Waals surface area (Å²) >= 11 is 0. The first-order chi connectivity index (χ1) is 9.26. The summed E-state index contributed by atoms with van der Waals surface area (Å²) in [6.07, 6.45) is 2.38. The zero-order chi connectivity index (χ0) is 15.1. The lowest BCUT2D eigenvalue weighted by Gasteiger charge is -2.37. The van der Waals surface area contributed by atoms with Crippen LogP contribution in [-0.2, 0) is 10.0 Å². The second kappa shape index (κ2) is 5.29. The first-order valence-electron chi connectivity index (χ1n) is 6.53. The van der Waals surface area contributed by atoms with E-state index in [1.165, 1.54) is 4.31 Å². The molecule has 4 nitrogen and oxygen atoms in total. The fourth-order valence-electron chi connectivity index (χ4n) is 2.73. The standard InChI is InChI=1S/C13H18F2N2O2S/c1-8-4-3-5-9(2)17(8)20(18,19)11-7-6-10(14)13(16)12(11)15/h6-9H,3-5,16H2,1-2H3/t8-,9+. The average molecular weight is 304 g/mol. The molecule has 0 unspecified atom stereocenters. The zero-order valence-corrected chi connectivity index (χ0v) is 12.3. The van der Waals surface area contributed by atoms with Crippen LogP contribution in [-0.4, -0.2) is 24.8 Å². The topological polar surface area (TPSA) is 63.4 Å². The molecule has 112 valence electrons. The van der Waals surface area contributed by atoms with Crippen LogP contribution >= 0.6 is 0 Å². The second-order valence-corrected chi connectivity index (χ2v) is 7.05. The molecule has 2 rings (SSSR count). The van der Waals surface area contributed by atoms with E-state index in [-0.39, 0.29) is 12.1 Å². The Morgan fingerprint density at radius 2 is 1.75 bits per heavy atom. The molecule has 7 heteroatoms. The van der Waals surface area contributed by atoms with E-state index in [0.717, 1.165) is 31.4 Å². The zero-order valence-electron chi connectivity index (χ0n) is 11.4. The highest BCUT2D eigenvalue weighted by Gasteiger charge is 2.37. The van der Waals surface area contributed by atoms with Gasteiger partial charge in [-0.15, -0.1) is 0 Å².